The van der Waals surface area contributed by atoms with Crippen molar-refractivity contribution < 1.29 is 9.47 Å². The number of alkyl halides is 1. The third-order valence-electron chi connectivity index (χ3n) is 2.77. The molecule has 0 aromatic rings. The van der Waals surface area contributed by atoms with Crippen LogP contribution in [0.4, 0.5) is 0 Å². The molecule has 0 N–H and O–H groups in total. The van der Waals surface area contributed by atoms with Gasteiger partial charge in [0.05, 0.1) is 0 Å². The average Bonchev–Trinajstić information content (AvgIpc) is 2.26. The van der Waals surface area contributed by atoms with E-state index in [9.17, 15) is 0 Å². The minimum absolute atomic E-state index is 0.285. The summed E-state index contributed by atoms with van der Waals surface area (Å²) in [6.45, 7) is 8.57. The van der Waals surface area contributed by atoms with Gasteiger partial charge in [-0.05, 0) is 38.5 Å². The first kappa shape index (κ1) is 17.2. The highest BCUT2D eigenvalue weighted by Gasteiger charge is 2.05. The first-order chi connectivity index (χ1) is 8.16. The van der Waals surface area contributed by atoms with Crippen molar-refractivity contribution in [1.29, 1.82) is 0 Å². The van der Waals surface area contributed by atoms with E-state index in [1.54, 1.807) is 0 Å². The molecular formula is C14H29ClO2. The molecule has 0 saturated carbocycles. The van der Waals surface area contributed by atoms with Gasteiger partial charge in [-0.1, -0.05) is 26.7 Å². The minimum Gasteiger partial charge on any atom is -0.355 e. The zero-order valence-corrected chi connectivity index (χ0v) is 12.5. The Labute approximate surface area is 112 Å². The van der Waals surface area contributed by atoms with E-state index < -0.39 is 0 Å². The largest absolute Gasteiger partial charge is 0.355 e. The summed E-state index contributed by atoms with van der Waals surface area (Å²) in [4.78, 5) is 0. The fourth-order valence-electron chi connectivity index (χ4n) is 1.84. The van der Waals surface area contributed by atoms with Crippen LogP contribution in [-0.2, 0) is 9.47 Å². The quantitative estimate of drug-likeness (QED) is 0.291. The van der Waals surface area contributed by atoms with Crippen LogP contribution in [0.1, 0.15) is 59.3 Å². The molecule has 2 nitrogen and oxygen atoms in total. The zero-order chi connectivity index (χ0) is 12.9. The molecule has 2 atom stereocenters. The molecule has 0 saturated heterocycles. The van der Waals surface area contributed by atoms with Crippen molar-refractivity contribution in [1.82, 2.24) is 0 Å². The van der Waals surface area contributed by atoms with Gasteiger partial charge >= 0.3 is 0 Å². The molecule has 0 aliphatic heterocycles. The number of hydrogen-bond acceptors (Lipinski definition) is 2. The van der Waals surface area contributed by atoms with Crippen LogP contribution in [-0.4, -0.2) is 25.4 Å². The lowest BCUT2D eigenvalue weighted by atomic mass is 10.0. The van der Waals surface area contributed by atoms with E-state index >= 15 is 0 Å². The van der Waals surface area contributed by atoms with Crippen LogP contribution < -0.4 is 0 Å². The van der Waals surface area contributed by atoms with E-state index in [4.69, 9.17) is 21.1 Å². The molecule has 0 amide bonds. The Morgan fingerprint density at radius 2 is 1.65 bits per heavy atom. The SMILES string of the molecule is CCCCCOCOCCCC(C)CC(C)Cl. The van der Waals surface area contributed by atoms with Gasteiger partial charge in [0.15, 0.2) is 0 Å². The second kappa shape index (κ2) is 12.7. The summed E-state index contributed by atoms with van der Waals surface area (Å²) in [5.74, 6) is 0.691. The zero-order valence-electron chi connectivity index (χ0n) is 11.7. The monoisotopic (exact) mass is 264 g/mol. The topological polar surface area (TPSA) is 18.5 Å². The van der Waals surface area contributed by atoms with E-state index in [1.165, 1.54) is 19.3 Å². The lowest BCUT2D eigenvalue weighted by Gasteiger charge is -2.12. The van der Waals surface area contributed by atoms with Gasteiger partial charge in [0.1, 0.15) is 6.79 Å². The van der Waals surface area contributed by atoms with Gasteiger partial charge < -0.3 is 9.47 Å². The third-order valence-corrected chi connectivity index (χ3v) is 2.95. The molecule has 0 aromatic heterocycles. The van der Waals surface area contributed by atoms with Crippen LogP contribution in [0.2, 0.25) is 0 Å². The number of hydrogen-bond donors (Lipinski definition) is 0. The van der Waals surface area contributed by atoms with Crippen molar-refractivity contribution in [2.45, 2.75) is 64.7 Å². The van der Waals surface area contributed by atoms with Gasteiger partial charge in [0.25, 0.3) is 0 Å². The molecule has 104 valence electrons. The van der Waals surface area contributed by atoms with Crippen molar-refractivity contribution in [3.8, 4) is 0 Å². The lowest BCUT2D eigenvalue weighted by molar-refractivity contribution is -0.0560. The lowest BCUT2D eigenvalue weighted by Crippen LogP contribution is -2.06. The van der Waals surface area contributed by atoms with Gasteiger partial charge in [-0.15, -0.1) is 11.6 Å². The van der Waals surface area contributed by atoms with Crippen molar-refractivity contribution in [2.75, 3.05) is 20.0 Å². The van der Waals surface area contributed by atoms with Crippen LogP contribution >= 0.6 is 11.6 Å². The maximum atomic E-state index is 5.94. The second-order valence-corrected chi connectivity index (χ2v) is 5.65. The average molecular weight is 265 g/mol. The van der Waals surface area contributed by atoms with Crippen LogP contribution in [0.15, 0.2) is 0 Å². The molecule has 0 aliphatic rings. The summed E-state index contributed by atoms with van der Waals surface area (Å²) in [6, 6.07) is 0. The maximum absolute atomic E-state index is 5.94. The summed E-state index contributed by atoms with van der Waals surface area (Å²) < 4.78 is 10.8. The molecule has 0 heterocycles. The highest BCUT2D eigenvalue weighted by atomic mass is 35.5. The Balaban J connectivity index is 3.07. The summed E-state index contributed by atoms with van der Waals surface area (Å²) in [5, 5.41) is 0.285. The van der Waals surface area contributed by atoms with E-state index in [0.29, 0.717) is 12.7 Å². The van der Waals surface area contributed by atoms with E-state index in [1.807, 2.05) is 0 Å². The summed E-state index contributed by atoms with van der Waals surface area (Å²) >= 11 is 5.94. The molecule has 0 fully saturated rings. The second-order valence-electron chi connectivity index (χ2n) is 4.91. The van der Waals surface area contributed by atoms with Crippen molar-refractivity contribution in [3.63, 3.8) is 0 Å². The highest BCUT2D eigenvalue weighted by molar-refractivity contribution is 6.20. The Hall–Kier alpha value is 0.210. The predicted molar refractivity (Wildman–Crippen MR) is 74.6 cm³/mol. The Morgan fingerprint density at radius 3 is 2.24 bits per heavy atom. The van der Waals surface area contributed by atoms with Crippen LogP contribution in [0.5, 0.6) is 0 Å². The number of rotatable bonds is 12. The van der Waals surface area contributed by atoms with Crippen LogP contribution in [0, 0.1) is 5.92 Å². The number of ether oxygens (including phenoxy) is 2. The van der Waals surface area contributed by atoms with Gasteiger partial charge in [0, 0.05) is 18.6 Å². The summed E-state index contributed by atoms with van der Waals surface area (Å²) in [5.41, 5.74) is 0. The number of halogens is 1. The van der Waals surface area contributed by atoms with Gasteiger partial charge in [-0.2, -0.15) is 0 Å². The highest BCUT2D eigenvalue weighted by Crippen LogP contribution is 2.15. The van der Waals surface area contributed by atoms with Gasteiger partial charge in [0.2, 0.25) is 0 Å². The molecule has 3 heteroatoms. The Kier molecular flexibility index (Phi) is 12.8. The fraction of sp³-hybridized carbons (Fsp3) is 1.00. The molecule has 2 unspecified atom stereocenters. The standard InChI is InChI=1S/C14H29ClO2/c1-4-5-6-9-16-12-17-10-7-8-13(2)11-14(3)15/h13-14H,4-12H2,1-3H3. The normalized spacial score (nSPS) is 14.8. The Morgan fingerprint density at radius 1 is 1.00 bits per heavy atom. The van der Waals surface area contributed by atoms with Gasteiger partial charge in [-0.3, -0.25) is 0 Å². The fourth-order valence-corrected chi connectivity index (χ4v) is 2.14. The van der Waals surface area contributed by atoms with E-state index in [0.717, 1.165) is 32.5 Å². The maximum Gasteiger partial charge on any atom is 0.146 e. The number of unbranched alkanes of at least 4 members (excludes halogenated alkanes) is 2. The van der Waals surface area contributed by atoms with Crippen LogP contribution in [0.25, 0.3) is 0 Å². The predicted octanol–water partition coefficient (Wildman–Crippen LogP) is 4.60. The third kappa shape index (κ3) is 14.1. The smallest absolute Gasteiger partial charge is 0.146 e. The molecule has 0 aliphatic carbocycles. The van der Waals surface area contributed by atoms with Crippen molar-refractivity contribution >= 4 is 11.6 Å². The molecule has 17 heavy (non-hydrogen) atoms. The van der Waals surface area contributed by atoms with Crippen molar-refractivity contribution in [2.24, 2.45) is 5.92 Å². The Bertz CT molecular complexity index is 151. The first-order valence-corrected chi connectivity index (χ1v) is 7.40. The van der Waals surface area contributed by atoms with E-state index in [-0.39, 0.29) is 5.38 Å². The van der Waals surface area contributed by atoms with Gasteiger partial charge in [-0.25, -0.2) is 0 Å². The minimum atomic E-state index is 0.285. The molecular weight excluding hydrogens is 236 g/mol. The van der Waals surface area contributed by atoms with Crippen LogP contribution in [0.3, 0.4) is 0 Å². The molecule has 0 bridgehead atoms. The molecule has 0 aromatic carbocycles. The summed E-state index contributed by atoms with van der Waals surface area (Å²) in [6.07, 6.45) is 7.00. The summed E-state index contributed by atoms with van der Waals surface area (Å²) in [7, 11) is 0. The molecule has 0 rings (SSSR count). The van der Waals surface area contributed by atoms with Crippen molar-refractivity contribution in [3.05, 3.63) is 0 Å². The molecule has 0 spiro atoms. The van der Waals surface area contributed by atoms with E-state index in [2.05, 4.69) is 20.8 Å². The first-order valence-electron chi connectivity index (χ1n) is 6.96. The molecule has 0 radical (unpaired) electrons.